The molecule has 3 aromatic rings. The average molecular weight is 409 g/mol. The number of carbonyl (C=O) groups excluding carboxylic acids is 1. The summed E-state index contributed by atoms with van der Waals surface area (Å²) in [6, 6.07) is 10.9. The number of Topliss-reactive ketones (excluding diaryl/α,β-unsaturated/α-hetero) is 1. The summed E-state index contributed by atoms with van der Waals surface area (Å²) >= 11 is 6.87. The van der Waals surface area contributed by atoms with Gasteiger partial charge in [0, 0.05) is 10.6 Å². The van der Waals surface area contributed by atoms with Gasteiger partial charge in [-0.2, -0.15) is 0 Å². The molecule has 0 saturated carbocycles. The fourth-order valence-electron chi connectivity index (χ4n) is 2.08. The molecule has 27 heavy (non-hydrogen) atoms. The average Bonchev–Trinajstić information content (AvgIpc) is 3.13. The first-order chi connectivity index (χ1) is 13.0. The Morgan fingerprint density at radius 1 is 1.22 bits per heavy atom. The van der Waals surface area contributed by atoms with Gasteiger partial charge >= 0.3 is 0 Å². The van der Waals surface area contributed by atoms with Crippen molar-refractivity contribution in [2.45, 2.75) is 11.8 Å². The number of methoxy groups -OCH3 is 1. The van der Waals surface area contributed by atoms with Crippen molar-refractivity contribution in [2.75, 3.05) is 12.9 Å². The van der Waals surface area contributed by atoms with Crippen LogP contribution >= 0.6 is 23.4 Å². The Bertz CT molecular complexity index is 933. The van der Waals surface area contributed by atoms with E-state index in [4.69, 9.17) is 25.5 Å². The molecule has 9 heteroatoms. The van der Waals surface area contributed by atoms with Gasteiger partial charge in [0.1, 0.15) is 5.75 Å². The van der Waals surface area contributed by atoms with Crippen LogP contribution in [0.25, 0.3) is 0 Å². The molecule has 0 aliphatic carbocycles. The predicted octanol–water partition coefficient (Wildman–Crippen LogP) is 4.42. The van der Waals surface area contributed by atoms with Gasteiger partial charge < -0.3 is 13.9 Å². The molecule has 0 atom stereocenters. The molecule has 140 valence electrons. The minimum atomic E-state index is -0.590. The number of nitrogens with zero attached hydrogens (tertiary/aromatic N) is 2. The van der Waals surface area contributed by atoms with E-state index in [1.165, 1.54) is 19.2 Å². The Kier molecular flexibility index (Phi) is 6.31. The fourth-order valence-corrected chi connectivity index (χ4v) is 2.88. The molecular formula is C18H14ClFN2O4S. The normalized spacial score (nSPS) is 10.6. The highest BCUT2D eigenvalue weighted by Gasteiger charge is 2.14. The number of ketones is 1. The molecule has 1 heterocycles. The highest BCUT2D eigenvalue weighted by molar-refractivity contribution is 7.99. The van der Waals surface area contributed by atoms with Crippen LogP contribution in [0.5, 0.6) is 11.5 Å². The van der Waals surface area contributed by atoms with Gasteiger partial charge in [-0.1, -0.05) is 23.4 Å². The molecule has 0 aliphatic heterocycles. The molecule has 0 unspecified atom stereocenters. The number of aromatic nitrogens is 2. The monoisotopic (exact) mass is 408 g/mol. The van der Waals surface area contributed by atoms with Gasteiger partial charge in [-0.3, -0.25) is 4.79 Å². The summed E-state index contributed by atoms with van der Waals surface area (Å²) in [4.78, 5) is 12.2. The van der Waals surface area contributed by atoms with Crippen molar-refractivity contribution in [1.29, 1.82) is 0 Å². The van der Waals surface area contributed by atoms with Gasteiger partial charge in [0.15, 0.2) is 24.0 Å². The molecule has 6 nitrogen and oxygen atoms in total. The largest absolute Gasteiger partial charge is 0.494 e. The van der Waals surface area contributed by atoms with Crippen molar-refractivity contribution in [3.63, 3.8) is 0 Å². The summed E-state index contributed by atoms with van der Waals surface area (Å²) in [5.41, 5.74) is 0.242. The van der Waals surface area contributed by atoms with E-state index in [9.17, 15) is 9.18 Å². The lowest BCUT2D eigenvalue weighted by molar-refractivity contribution is 0.102. The molecule has 0 N–H and O–H groups in total. The Labute approximate surface area is 163 Å². The first kappa shape index (κ1) is 19.2. The molecular weight excluding hydrogens is 395 g/mol. The molecule has 0 aliphatic rings. The summed E-state index contributed by atoms with van der Waals surface area (Å²) in [5.74, 6) is 0.151. The van der Waals surface area contributed by atoms with Crippen LogP contribution in [0.3, 0.4) is 0 Å². The van der Waals surface area contributed by atoms with Crippen LogP contribution in [0.2, 0.25) is 5.02 Å². The summed E-state index contributed by atoms with van der Waals surface area (Å²) in [7, 11) is 1.36. The molecule has 2 aromatic carbocycles. The molecule has 0 fully saturated rings. The number of thioether (sulfide) groups is 1. The van der Waals surface area contributed by atoms with E-state index in [1.807, 2.05) is 0 Å². The van der Waals surface area contributed by atoms with Crippen LogP contribution in [0.1, 0.15) is 16.2 Å². The van der Waals surface area contributed by atoms with Crippen LogP contribution in [0.15, 0.2) is 52.1 Å². The van der Waals surface area contributed by atoms with Crippen LogP contribution in [0.4, 0.5) is 4.39 Å². The molecule has 1 aromatic heterocycles. The molecule has 3 rings (SSSR count). The van der Waals surface area contributed by atoms with Gasteiger partial charge in [-0.25, -0.2) is 4.39 Å². The number of hydrogen-bond acceptors (Lipinski definition) is 7. The number of halogens is 2. The van der Waals surface area contributed by atoms with Gasteiger partial charge in [0.05, 0.1) is 12.9 Å². The van der Waals surface area contributed by atoms with E-state index in [1.54, 1.807) is 24.3 Å². The van der Waals surface area contributed by atoms with Crippen molar-refractivity contribution in [3.8, 4) is 11.5 Å². The zero-order valence-corrected chi connectivity index (χ0v) is 15.7. The number of carbonyl (C=O) groups is 1. The lowest BCUT2D eigenvalue weighted by atomic mass is 10.1. The first-order valence-corrected chi connectivity index (χ1v) is 9.12. The Balaban J connectivity index is 1.52. The second-order valence-electron chi connectivity index (χ2n) is 5.27. The second-order valence-corrected chi connectivity index (χ2v) is 6.63. The lowest BCUT2D eigenvalue weighted by Crippen LogP contribution is -2.03. The van der Waals surface area contributed by atoms with Crippen LogP contribution in [-0.4, -0.2) is 28.8 Å². The third kappa shape index (κ3) is 5.21. The summed E-state index contributed by atoms with van der Waals surface area (Å²) in [5, 5.41) is 8.55. The van der Waals surface area contributed by atoms with Crippen molar-refractivity contribution in [2.24, 2.45) is 0 Å². The highest BCUT2D eigenvalue weighted by Crippen LogP contribution is 2.22. The van der Waals surface area contributed by atoms with Gasteiger partial charge in [0.25, 0.3) is 11.1 Å². The molecule has 0 bridgehead atoms. The van der Waals surface area contributed by atoms with Gasteiger partial charge in [-0.15, -0.1) is 10.2 Å². The van der Waals surface area contributed by atoms with Gasteiger partial charge in [-0.05, 0) is 42.5 Å². The number of ether oxygens (including phenoxy) is 2. The first-order valence-electron chi connectivity index (χ1n) is 7.75. The third-order valence-corrected chi connectivity index (χ3v) is 4.50. The Morgan fingerprint density at radius 3 is 2.70 bits per heavy atom. The maximum Gasteiger partial charge on any atom is 0.277 e. The van der Waals surface area contributed by atoms with Crippen molar-refractivity contribution in [1.82, 2.24) is 10.2 Å². The van der Waals surface area contributed by atoms with E-state index in [-0.39, 0.29) is 40.6 Å². The van der Waals surface area contributed by atoms with Crippen LogP contribution < -0.4 is 9.47 Å². The quantitative estimate of drug-likeness (QED) is 0.403. The minimum Gasteiger partial charge on any atom is -0.494 e. The smallest absolute Gasteiger partial charge is 0.277 e. The van der Waals surface area contributed by atoms with E-state index in [0.29, 0.717) is 10.8 Å². The summed E-state index contributed by atoms with van der Waals surface area (Å²) < 4.78 is 29.4. The topological polar surface area (TPSA) is 74.5 Å². The van der Waals surface area contributed by atoms with E-state index >= 15 is 0 Å². The van der Waals surface area contributed by atoms with Crippen LogP contribution in [-0.2, 0) is 6.61 Å². The van der Waals surface area contributed by atoms with Gasteiger partial charge in [0.2, 0.25) is 0 Å². The maximum absolute atomic E-state index is 13.7. The second kappa shape index (κ2) is 8.88. The van der Waals surface area contributed by atoms with E-state index in [0.717, 1.165) is 17.8 Å². The number of rotatable bonds is 8. The van der Waals surface area contributed by atoms with Crippen molar-refractivity contribution >= 4 is 29.1 Å². The predicted molar refractivity (Wildman–Crippen MR) is 98.1 cm³/mol. The van der Waals surface area contributed by atoms with E-state index in [2.05, 4.69) is 10.2 Å². The molecule has 0 amide bonds. The minimum absolute atomic E-state index is 0.0332. The van der Waals surface area contributed by atoms with Crippen molar-refractivity contribution in [3.05, 3.63) is 64.8 Å². The Morgan fingerprint density at radius 2 is 2.00 bits per heavy atom. The van der Waals surface area contributed by atoms with E-state index < -0.39 is 5.82 Å². The fraction of sp³-hybridized carbons (Fsp3) is 0.167. The zero-order valence-electron chi connectivity index (χ0n) is 14.1. The highest BCUT2D eigenvalue weighted by atomic mass is 35.5. The lowest BCUT2D eigenvalue weighted by Gasteiger charge is -2.04. The standard InChI is InChI=1S/C18H14ClFN2O4S/c1-24-16-7-2-11(8-14(16)20)15(23)10-27-18-22-21-17(26-18)9-25-13-5-3-12(19)4-6-13/h2-8H,9-10H2,1H3. The SMILES string of the molecule is COc1ccc(C(=O)CSc2nnc(COc3ccc(Cl)cc3)o2)cc1F. The van der Waals surface area contributed by atoms with Crippen LogP contribution in [0, 0.1) is 5.82 Å². The maximum atomic E-state index is 13.7. The Hall–Kier alpha value is -2.58. The molecule has 0 radical (unpaired) electrons. The molecule has 0 saturated heterocycles. The summed E-state index contributed by atoms with van der Waals surface area (Å²) in [6.07, 6.45) is 0. The molecule has 0 spiro atoms. The third-order valence-electron chi connectivity index (χ3n) is 3.42. The number of hydrogen-bond donors (Lipinski definition) is 0. The van der Waals surface area contributed by atoms with Crippen molar-refractivity contribution < 1.29 is 23.1 Å². The summed E-state index contributed by atoms with van der Waals surface area (Å²) in [6.45, 7) is 0.0901. The number of benzene rings is 2. The zero-order chi connectivity index (χ0) is 19.2.